The minimum Gasteiger partial charge on any atom is -0.491 e. The Bertz CT molecular complexity index is 861. The van der Waals surface area contributed by atoms with Crippen molar-refractivity contribution in [3.05, 3.63) is 54.1 Å². The number of rotatable bonds is 7. The number of benzene rings is 2. The number of ketones is 1. The fourth-order valence-electron chi connectivity index (χ4n) is 2.98. The minimum absolute atomic E-state index is 0.0245. The van der Waals surface area contributed by atoms with E-state index < -0.39 is 6.04 Å². The van der Waals surface area contributed by atoms with E-state index >= 15 is 0 Å². The molecule has 3 rings (SSSR count). The molecule has 2 amide bonds. The summed E-state index contributed by atoms with van der Waals surface area (Å²) < 4.78 is 5.69. The van der Waals surface area contributed by atoms with Crippen molar-refractivity contribution in [2.45, 2.75) is 32.7 Å². The fraction of sp³-hybridized carbons (Fsp3) is 0.286. The van der Waals surface area contributed by atoms with E-state index in [1.54, 1.807) is 42.5 Å². The van der Waals surface area contributed by atoms with Gasteiger partial charge in [-0.05, 0) is 49.7 Å². The molecule has 6 nitrogen and oxygen atoms in total. The van der Waals surface area contributed by atoms with Gasteiger partial charge in [-0.15, -0.1) is 0 Å². The number of nitrogens with one attached hydrogen (secondary N) is 1. The maximum atomic E-state index is 12.9. The lowest BCUT2D eigenvalue weighted by Crippen LogP contribution is -2.35. The molecule has 1 fully saturated rings. The molecule has 0 bridgehead atoms. The third kappa shape index (κ3) is 4.00. The van der Waals surface area contributed by atoms with Gasteiger partial charge < -0.3 is 10.1 Å². The second-order valence-corrected chi connectivity index (χ2v) is 6.42. The number of hydrogen-bond donors (Lipinski definition) is 1. The van der Waals surface area contributed by atoms with Crippen LogP contribution in [0.3, 0.4) is 0 Å². The predicted octanol–water partition coefficient (Wildman–Crippen LogP) is 3.42. The molecular formula is C21H22N2O4. The van der Waals surface area contributed by atoms with Gasteiger partial charge in [-0.1, -0.05) is 19.1 Å². The molecule has 1 atom stereocenters. The van der Waals surface area contributed by atoms with Crippen molar-refractivity contribution in [3.8, 4) is 5.75 Å². The first kappa shape index (κ1) is 18.6. The van der Waals surface area contributed by atoms with Crippen LogP contribution in [0.25, 0.3) is 0 Å². The summed E-state index contributed by atoms with van der Waals surface area (Å²) in [6.07, 6.45) is 0.895. The Morgan fingerprint density at radius 3 is 2.52 bits per heavy atom. The van der Waals surface area contributed by atoms with Gasteiger partial charge >= 0.3 is 0 Å². The lowest BCUT2D eigenvalue weighted by molar-refractivity contribution is -0.121. The second kappa shape index (κ2) is 8.03. The molecule has 0 spiro atoms. The van der Waals surface area contributed by atoms with E-state index in [2.05, 4.69) is 5.32 Å². The number of hydrogen-bond acceptors (Lipinski definition) is 5. The summed E-state index contributed by atoms with van der Waals surface area (Å²) in [7, 11) is 0. The van der Waals surface area contributed by atoms with Gasteiger partial charge in [-0.3, -0.25) is 14.4 Å². The van der Waals surface area contributed by atoms with Crippen molar-refractivity contribution in [1.29, 1.82) is 0 Å². The van der Waals surface area contributed by atoms with Crippen LogP contribution in [-0.4, -0.2) is 30.2 Å². The highest BCUT2D eigenvalue weighted by Gasteiger charge is 2.40. The monoisotopic (exact) mass is 366 g/mol. The van der Waals surface area contributed by atoms with Crippen LogP contribution in [0, 0.1) is 0 Å². The zero-order valence-electron chi connectivity index (χ0n) is 15.4. The zero-order chi connectivity index (χ0) is 19.4. The van der Waals surface area contributed by atoms with Gasteiger partial charge in [0.25, 0.3) is 5.91 Å². The van der Waals surface area contributed by atoms with Gasteiger partial charge in [-0.25, -0.2) is 4.90 Å². The molecule has 140 valence electrons. The molecule has 1 aliphatic heterocycles. The van der Waals surface area contributed by atoms with Crippen LogP contribution >= 0.6 is 0 Å². The highest BCUT2D eigenvalue weighted by Crippen LogP contribution is 2.33. The molecule has 1 N–H and O–H groups in total. The first-order valence-corrected chi connectivity index (χ1v) is 8.97. The summed E-state index contributed by atoms with van der Waals surface area (Å²) in [4.78, 5) is 37.9. The summed E-state index contributed by atoms with van der Waals surface area (Å²) >= 11 is 0. The quantitative estimate of drug-likeness (QED) is 0.600. The molecular weight excluding hydrogens is 344 g/mol. The number of anilines is 2. The third-order valence-corrected chi connectivity index (χ3v) is 4.35. The molecule has 0 aromatic heterocycles. The van der Waals surface area contributed by atoms with Crippen LogP contribution in [0.15, 0.2) is 48.5 Å². The van der Waals surface area contributed by atoms with Crippen molar-refractivity contribution in [2.24, 2.45) is 0 Å². The van der Waals surface area contributed by atoms with E-state index in [1.165, 1.54) is 11.8 Å². The SMILES string of the molecule is CCCOc1ccccc1N1C(=O)CC(Nc2ccc(C(C)=O)cc2)C1=O. The number of ether oxygens (including phenoxy) is 1. The molecule has 0 aliphatic carbocycles. The van der Waals surface area contributed by atoms with Crippen molar-refractivity contribution in [3.63, 3.8) is 0 Å². The number of imide groups is 1. The topological polar surface area (TPSA) is 75.7 Å². The molecule has 0 saturated carbocycles. The molecule has 1 aliphatic rings. The van der Waals surface area contributed by atoms with Gasteiger partial charge in [0.2, 0.25) is 5.91 Å². The highest BCUT2D eigenvalue weighted by molar-refractivity contribution is 6.23. The molecule has 1 saturated heterocycles. The van der Waals surface area contributed by atoms with Crippen LogP contribution in [0.5, 0.6) is 5.75 Å². The largest absolute Gasteiger partial charge is 0.491 e. The van der Waals surface area contributed by atoms with E-state index in [1.807, 2.05) is 13.0 Å². The Hall–Kier alpha value is -3.15. The second-order valence-electron chi connectivity index (χ2n) is 6.42. The summed E-state index contributed by atoms with van der Waals surface area (Å²) in [5.41, 5.74) is 1.75. The van der Waals surface area contributed by atoms with Crippen LogP contribution in [0.2, 0.25) is 0 Å². The summed E-state index contributed by atoms with van der Waals surface area (Å²) in [5, 5.41) is 3.09. The zero-order valence-corrected chi connectivity index (χ0v) is 15.4. The minimum atomic E-state index is -0.653. The molecule has 1 unspecified atom stereocenters. The van der Waals surface area contributed by atoms with E-state index in [9.17, 15) is 14.4 Å². The smallest absolute Gasteiger partial charge is 0.256 e. The Balaban J connectivity index is 1.78. The summed E-state index contributed by atoms with van der Waals surface area (Å²) in [5.74, 6) is -0.0929. The van der Waals surface area contributed by atoms with Crippen molar-refractivity contribution < 1.29 is 19.1 Å². The van der Waals surface area contributed by atoms with Crippen molar-refractivity contribution >= 4 is 29.0 Å². The Morgan fingerprint density at radius 2 is 1.85 bits per heavy atom. The van der Waals surface area contributed by atoms with Gasteiger partial charge in [0, 0.05) is 11.3 Å². The third-order valence-electron chi connectivity index (χ3n) is 4.35. The maximum Gasteiger partial charge on any atom is 0.256 e. The number of carbonyl (C=O) groups is 3. The van der Waals surface area contributed by atoms with Crippen molar-refractivity contribution in [2.75, 3.05) is 16.8 Å². The fourth-order valence-corrected chi connectivity index (χ4v) is 2.98. The maximum absolute atomic E-state index is 12.9. The Morgan fingerprint density at radius 1 is 1.15 bits per heavy atom. The number of carbonyl (C=O) groups excluding carboxylic acids is 3. The molecule has 2 aromatic rings. The molecule has 6 heteroatoms. The normalized spacial score (nSPS) is 16.5. The average Bonchev–Trinajstić information content (AvgIpc) is 2.94. The molecule has 2 aromatic carbocycles. The lowest BCUT2D eigenvalue weighted by Gasteiger charge is -2.19. The van der Waals surface area contributed by atoms with Crippen LogP contribution in [0.1, 0.15) is 37.0 Å². The van der Waals surface area contributed by atoms with E-state index in [0.717, 1.165) is 6.42 Å². The predicted molar refractivity (Wildman–Crippen MR) is 103 cm³/mol. The molecule has 1 heterocycles. The Labute approximate surface area is 158 Å². The molecule has 27 heavy (non-hydrogen) atoms. The highest BCUT2D eigenvalue weighted by atomic mass is 16.5. The van der Waals surface area contributed by atoms with Crippen molar-refractivity contribution in [1.82, 2.24) is 0 Å². The lowest BCUT2D eigenvalue weighted by atomic mass is 10.1. The number of amides is 2. The first-order chi connectivity index (χ1) is 13.0. The van der Waals surface area contributed by atoms with Crippen LogP contribution < -0.4 is 15.0 Å². The average molecular weight is 366 g/mol. The number of para-hydroxylation sites is 2. The molecule has 0 radical (unpaired) electrons. The van der Waals surface area contributed by atoms with Crippen LogP contribution in [-0.2, 0) is 9.59 Å². The van der Waals surface area contributed by atoms with Gasteiger partial charge in [0.1, 0.15) is 11.8 Å². The summed E-state index contributed by atoms with van der Waals surface area (Å²) in [6.45, 7) is 4.00. The number of Topliss-reactive ketones (excluding diaryl/α,β-unsaturated/α-hetero) is 1. The standard InChI is InChI=1S/C21H22N2O4/c1-3-12-27-19-7-5-4-6-18(19)23-20(25)13-17(21(23)26)22-16-10-8-15(9-11-16)14(2)24/h4-11,17,22H,3,12-13H2,1-2H3. The first-order valence-electron chi connectivity index (χ1n) is 8.97. The van der Waals surface area contributed by atoms with Gasteiger partial charge in [-0.2, -0.15) is 0 Å². The van der Waals surface area contributed by atoms with E-state index in [4.69, 9.17) is 4.74 Å². The van der Waals surface area contributed by atoms with Crippen LogP contribution in [0.4, 0.5) is 11.4 Å². The summed E-state index contributed by atoms with van der Waals surface area (Å²) in [6, 6.07) is 13.2. The number of nitrogens with zero attached hydrogens (tertiary/aromatic N) is 1. The van der Waals surface area contributed by atoms with E-state index in [-0.39, 0.29) is 24.0 Å². The Kier molecular flexibility index (Phi) is 5.54. The van der Waals surface area contributed by atoms with E-state index in [0.29, 0.717) is 29.3 Å². The van der Waals surface area contributed by atoms with Gasteiger partial charge in [0.05, 0.1) is 18.7 Å². The van der Waals surface area contributed by atoms with Gasteiger partial charge in [0.15, 0.2) is 5.78 Å².